The Kier molecular flexibility index (Phi) is 5.79. The van der Waals surface area contributed by atoms with Crippen LogP contribution in [0.3, 0.4) is 0 Å². The number of nitrogens with zero attached hydrogens (tertiary/aromatic N) is 1. The molecule has 140 valence electrons. The van der Waals surface area contributed by atoms with Crippen molar-refractivity contribution in [2.75, 3.05) is 24.4 Å². The van der Waals surface area contributed by atoms with Crippen molar-refractivity contribution in [1.29, 1.82) is 0 Å². The maximum atomic E-state index is 12.5. The highest BCUT2D eigenvalue weighted by atomic mass is 32.2. The zero-order valence-electron chi connectivity index (χ0n) is 14.5. The number of fused-ring (bicyclic) bond motifs is 1. The predicted octanol–water partition coefficient (Wildman–Crippen LogP) is 3.94. The number of aryl methyl sites for hydroxylation is 1. The molecule has 0 saturated heterocycles. The van der Waals surface area contributed by atoms with Crippen LogP contribution < -0.4 is 10.2 Å². The molecule has 1 heterocycles. The summed E-state index contributed by atoms with van der Waals surface area (Å²) in [5.41, 5.74) is 2.39. The zero-order valence-corrected chi connectivity index (χ0v) is 15.3. The molecule has 0 radical (unpaired) electrons. The maximum Gasteiger partial charge on any atom is 0.416 e. The van der Waals surface area contributed by atoms with Gasteiger partial charge >= 0.3 is 6.18 Å². The molecule has 7 heteroatoms. The Bertz CT molecular complexity index is 749. The molecular weight excluding hydrogens is 361 g/mol. The van der Waals surface area contributed by atoms with Crippen molar-refractivity contribution >= 4 is 16.9 Å². The minimum Gasteiger partial charge on any atom is -0.610 e. The molecule has 1 N–H and O–H groups in total. The summed E-state index contributed by atoms with van der Waals surface area (Å²) in [5, 5.41) is 3.25. The molecule has 1 atom stereocenters. The van der Waals surface area contributed by atoms with Crippen LogP contribution >= 0.6 is 0 Å². The normalized spacial score (nSPS) is 16.8. The Hall–Kier alpha value is -1.70. The fourth-order valence-corrected chi connectivity index (χ4v) is 4.36. The summed E-state index contributed by atoms with van der Waals surface area (Å²) in [6.07, 6.45) is -2.52. The van der Waals surface area contributed by atoms with E-state index in [1.807, 2.05) is 24.1 Å². The zero-order chi connectivity index (χ0) is 18.7. The fraction of sp³-hybridized carbons (Fsp3) is 0.368. The first-order valence-corrected chi connectivity index (χ1v) is 9.76. The van der Waals surface area contributed by atoms with Crippen molar-refractivity contribution in [2.45, 2.75) is 30.5 Å². The summed E-state index contributed by atoms with van der Waals surface area (Å²) in [6.45, 7) is 1.30. The summed E-state index contributed by atoms with van der Waals surface area (Å²) in [6, 6.07) is 11.3. The van der Waals surface area contributed by atoms with Crippen LogP contribution in [0, 0.1) is 0 Å². The van der Waals surface area contributed by atoms with Gasteiger partial charge in [-0.1, -0.05) is 18.2 Å². The molecule has 0 bridgehead atoms. The highest BCUT2D eigenvalue weighted by Gasteiger charge is 2.30. The molecule has 0 aromatic heterocycles. The highest BCUT2D eigenvalue weighted by Crippen LogP contribution is 2.33. The molecule has 2 aromatic carbocycles. The molecule has 3 rings (SSSR count). The molecule has 1 aliphatic rings. The van der Waals surface area contributed by atoms with E-state index < -0.39 is 22.9 Å². The van der Waals surface area contributed by atoms with Crippen molar-refractivity contribution in [1.82, 2.24) is 5.32 Å². The van der Waals surface area contributed by atoms with Gasteiger partial charge in [-0.25, -0.2) is 0 Å². The number of anilines is 1. The monoisotopic (exact) mass is 382 g/mol. The van der Waals surface area contributed by atoms with Crippen LogP contribution in [-0.2, 0) is 30.3 Å². The van der Waals surface area contributed by atoms with Crippen LogP contribution in [0.4, 0.5) is 18.9 Å². The number of rotatable bonds is 6. The molecular formula is C19H21F3N2OS. The molecule has 1 aliphatic heterocycles. The third-order valence-corrected chi connectivity index (χ3v) is 5.86. The van der Waals surface area contributed by atoms with Crippen molar-refractivity contribution in [3.8, 4) is 0 Å². The second-order valence-electron chi connectivity index (χ2n) is 6.45. The van der Waals surface area contributed by atoms with Gasteiger partial charge in [-0.15, -0.1) is 0 Å². The Morgan fingerprint density at radius 2 is 1.81 bits per heavy atom. The van der Waals surface area contributed by atoms with Gasteiger partial charge in [0.15, 0.2) is 10.8 Å². The molecule has 0 fully saturated rings. The standard InChI is InChI=1S/C19H21F3N2OS/c1-24-13-26(25)18-11-14(6-9-17(18)24)3-2-10-23-12-15-4-7-16(8-5-15)19(20,21)22/h4-9,11,23H,2-3,10,12-13H2,1H3. The first-order valence-electron chi connectivity index (χ1n) is 8.44. The second-order valence-corrected chi connectivity index (χ2v) is 7.84. The van der Waals surface area contributed by atoms with Gasteiger partial charge in [-0.2, -0.15) is 13.2 Å². The van der Waals surface area contributed by atoms with Gasteiger partial charge in [0.25, 0.3) is 0 Å². The van der Waals surface area contributed by atoms with E-state index in [4.69, 9.17) is 0 Å². The van der Waals surface area contributed by atoms with Gasteiger partial charge in [0.2, 0.25) is 0 Å². The van der Waals surface area contributed by atoms with Crippen molar-refractivity contribution in [3.05, 3.63) is 59.2 Å². The number of hydrogen-bond donors (Lipinski definition) is 1. The molecule has 0 aliphatic carbocycles. The lowest BCUT2D eigenvalue weighted by Crippen LogP contribution is -2.16. The Balaban J connectivity index is 1.43. The molecule has 3 nitrogen and oxygen atoms in total. The lowest BCUT2D eigenvalue weighted by molar-refractivity contribution is -0.137. The largest absolute Gasteiger partial charge is 0.610 e. The number of hydrogen-bond acceptors (Lipinski definition) is 3. The molecule has 1 unspecified atom stereocenters. The minimum absolute atomic E-state index is 0.539. The van der Waals surface area contributed by atoms with Gasteiger partial charge in [-0.05, 0) is 54.8 Å². The Morgan fingerprint density at radius 1 is 1.12 bits per heavy atom. The molecule has 0 saturated carbocycles. The lowest BCUT2D eigenvalue weighted by atomic mass is 10.1. The molecule has 0 amide bonds. The van der Waals surface area contributed by atoms with E-state index >= 15 is 0 Å². The van der Waals surface area contributed by atoms with Gasteiger partial charge in [0, 0.05) is 24.8 Å². The van der Waals surface area contributed by atoms with Crippen LogP contribution in [0.25, 0.3) is 0 Å². The number of alkyl halides is 3. The maximum absolute atomic E-state index is 12.5. The first-order chi connectivity index (χ1) is 12.3. The topological polar surface area (TPSA) is 38.3 Å². The summed E-state index contributed by atoms with van der Waals surface area (Å²) < 4.78 is 49.6. The van der Waals surface area contributed by atoms with Crippen LogP contribution in [-0.4, -0.2) is 24.0 Å². The van der Waals surface area contributed by atoms with E-state index in [2.05, 4.69) is 11.4 Å². The van der Waals surface area contributed by atoms with E-state index in [1.54, 1.807) is 0 Å². The first kappa shape index (κ1) is 19.1. The number of halogens is 3. The average molecular weight is 382 g/mol. The van der Waals surface area contributed by atoms with Gasteiger partial charge in [0.1, 0.15) is 0 Å². The van der Waals surface area contributed by atoms with E-state index in [1.165, 1.54) is 12.1 Å². The number of nitrogens with one attached hydrogen (secondary N) is 1. The summed E-state index contributed by atoms with van der Waals surface area (Å²) >= 11 is -0.950. The van der Waals surface area contributed by atoms with Crippen LogP contribution in [0.2, 0.25) is 0 Å². The Labute approximate surface area is 154 Å². The summed E-state index contributed by atoms with van der Waals surface area (Å²) in [7, 11) is 1.94. The van der Waals surface area contributed by atoms with Crippen molar-refractivity contribution in [2.24, 2.45) is 0 Å². The summed E-state index contributed by atoms with van der Waals surface area (Å²) in [5.74, 6) is 0.549. The third kappa shape index (κ3) is 4.52. The molecule has 26 heavy (non-hydrogen) atoms. The van der Waals surface area contributed by atoms with Crippen molar-refractivity contribution in [3.63, 3.8) is 0 Å². The average Bonchev–Trinajstić information content (AvgIpc) is 2.88. The van der Waals surface area contributed by atoms with Gasteiger partial charge in [0.05, 0.1) is 11.3 Å². The van der Waals surface area contributed by atoms with Gasteiger partial charge < -0.3 is 14.8 Å². The SMILES string of the molecule is CN1C[S+]([O-])c2cc(CCCNCc3ccc(C(F)(F)F)cc3)ccc21. The third-order valence-electron chi connectivity index (χ3n) is 4.42. The predicted molar refractivity (Wildman–Crippen MR) is 97.6 cm³/mol. The lowest BCUT2D eigenvalue weighted by Gasteiger charge is -2.09. The van der Waals surface area contributed by atoms with Gasteiger partial charge in [-0.3, -0.25) is 0 Å². The van der Waals surface area contributed by atoms with Crippen LogP contribution in [0.15, 0.2) is 47.4 Å². The fourth-order valence-electron chi connectivity index (χ4n) is 2.99. The quantitative estimate of drug-likeness (QED) is 0.607. The van der Waals surface area contributed by atoms with E-state index in [-0.39, 0.29) is 0 Å². The second kappa shape index (κ2) is 7.90. The van der Waals surface area contributed by atoms with Crippen LogP contribution in [0.1, 0.15) is 23.1 Å². The highest BCUT2D eigenvalue weighted by molar-refractivity contribution is 7.92. The molecule has 2 aromatic rings. The van der Waals surface area contributed by atoms with E-state index in [9.17, 15) is 17.7 Å². The Morgan fingerprint density at radius 3 is 2.50 bits per heavy atom. The van der Waals surface area contributed by atoms with E-state index in [0.29, 0.717) is 12.4 Å². The summed E-state index contributed by atoms with van der Waals surface area (Å²) in [4.78, 5) is 2.91. The number of benzene rings is 2. The smallest absolute Gasteiger partial charge is 0.416 e. The van der Waals surface area contributed by atoms with E-state index in [0.717, 1.165) is 53.2 Å². The molecule has 0 spiro atoms. The minimum atomic E-state index is -4.29. The van der Waals surface area contributed by atoms with Crippen LogP contribution in [0.5, 0.6) is 0 Å². The van der Waals surface area contributed by atoms with Crippen molar-refractivity contribution < 1.29 is 17.7 Å².